The summed E-state index contributed by atoms with van der Waals surface area (Å²) in [5.74, 6) is -0.155. The topological polar surface area (TPSA) is 70.2 Å². The van der Waals surface area contributed by atoms with Gasteiger partial charge in [0, 0.05) is 36.6 Å². The average Bonchev–Trinajstić information content (AvgIpc) is 2.75. The van der Waals surface area contributed by atoms with E-state index in [4.69, 9.17) is 0 Å². The predicted molar refractivity (Wildman–Crippen MR) is 114 cm³/mol. The van der Waals surface area contributed by atoms with E-state index in [1.54, 1.807) is 18.2 Å². The second-order valence-electron chi connectivity index (χ2n) is 6.41. The molecule has 0 radical (unpaired) electrons. The molecule has 0 aliphatic carbocycles. The molecular weight excluding hydrogens is 369 g/mol. The summed E-state index contributed by atoms with van der Waals surface area (Å²) in [5.41, 5.74) is 2.53. The van der Waals surface area contributed by atoms with Crippen molar-refractivity contribution in [2.45, 2.75) is 20.4 Å². The lowest BCUT2D eigenvalue weighted by Crippen LogP contribution is -2.21. The zero-order chi connectivity index (χ0) is 20.6. The third-order valence-corrected chi connectivity index (χ3v) is 4.56. The van der Waals surface area contributed by atoms with Gasteiger partial charge in [-0.1, -0.05) is 18.2 Å². The van der Waals surface area contributed by atoms with E-state index in [1.807, 2.05) is 24.3 Å². The van der Waals surface area contributed by atoms with E-state index in [0.29, 0.717) is 17.1 Å². The van der Waals surface area contributed by atoms with Crippen LogP contribution in [-0.2, 0) is 6.54 Å². The Kier molecular flexibility index (Phi) is 6.73. The number of rotatable bonds is 8. The highest BCUT2D eigenvalue weighted by molar-refractivity contribution is 6.02. The first-order chi connectivity index (χ1) is 14.1. The summed E-state index contributed by atoms with van der Waals surface area (Å²) in [6.45, 7) is 6.34. The average molecular weight is 393 g/mol. The number of hydrogen-bond donors (Lipinski definition) is 2. The van der Waals surface area contributed by atoms with Crippen LogP contribution in [0.4, 0.5) is 21.6 Å². The minimum atomic E-state index is -0.339. The zero-order valence-electron chi connectivity index (χ0n) is 16.5. The first-order valence-corrected chi connectivity index (χ1v) is 9.56. The third-order valence-electron chi connectivity index (χ3n) is 4.56. The van der Waals surface area contributed by atoms with Crippen LogP contribution < -0.4 is 15.5 Å². The highest BCUT2D eigenvalue weighted by Crippen LogP contribution is 2.18. The summed E-state index contributed by atoms with van der Waals surface area (Å²) >= 11 is 0. The van der Waals surface area contributed by atoms with E-state index >= 15 is 0 Å². The van der Waals surface area contributed by atoms with Crippen LogP contribution in [0.1, 0.15) is 29.9 Å². The number of aromatic nitrogens is 2. The number of nitrogens with zero attached hydrogens (tertiary/aromatic N) is 3. The van der Waals surface area contributed by atoms with E-state index in [-0.39, 0.29) is 24.0 Å². The van der Waals surface area contributed by atoms with Crippen molar-refractivity contribution < 1.29 is 9.18 Å². The van der Waals surface area contributed by atoms with Crippen molar-refractivity contribution in [3.05, 3.63) is 78.0 Å². The van der Waals surface area contributed by atoms with E-state index in [9.17, 15) is 9.18 Å². The van der Waals surface area contributed by atoms with Crippen LogP contribution in [0.2, 0.25) is 0 Å². The smallest absolute Gasteiger partial charge is 0.275 e. The van der Waals surface area contributed by atoms with Crippen molar-refractivity contribution in [1.29, 1.82) is 0 Å². The largest absolute Gasteiger partial charge is 0.372 e. The Bertz CT molecular complexity index is 940. The third kappa shape index (κ3) is 5.28. The van der Waals surface area contributed by atoms with Gasteiger partial charge in [0.15, 0.2) is 0 Å². The van der Waals surface area contributed by atoms with Crippen molar-refractivity contribution in [2.75, 3.05) is 28.6 Å². The Balaban J connectivity index is 1.58. The highest BCUT2D eigenvalue weighted by Gasteiger charge is 2.10. The molecule has 0 spiro atoms. The number of anilines is 3. The van der Waals surface area contributed by atoms with Crippen molar-refractivity contribution in [3.8, 4) is 0 Å². The molecule has 2 aromatic carbocycles. The molecule has 29 heavy (non-hydrogen) atoms. The Labute approximate surface area is 169 Å². The van der Waals surface area contributed by atoms with Gasteiger partial charge in [0.1, 0.15) is 17.3 Å². The van der Waals surface area contributed by atoms with E-state index in [1.165, 1.54) is 18.5 Å². The molecule has 6 nitrogen and oxygen atoms in total. The molecule has 3 aromatic rings. The molecule has 0 saturated carbocycles. The molecular formula is C22H24FN5O. The summed E-state index contributed by atoms with van der Waals surface area (Å²) in [5, 5.41) is 5.81. The van der Waals surface area contributed by atoms with Crippen LogP contribution in [0.25, 0.3) is 0 Å². The Morgan fingerprint density at radius 2 is 1.72 bits per heavy atom. The van der Waals surface area contributed by atoms with Crippen LogP contribution in [0.3, 0.4) is 0 Å². The predicted octanol–water partition coefficient (Wildman–Crippen LogP) is 4.33. The van der Waals surface area contributed by atoms with Gasteiger partial charge in [0.2, 0.25) is 0 Å². The first kappa shape index (κ1) is 20.3. The molecule has 3 rings (SSSR count). The van der Waals surface area contributed by atoms with Crippen molar-refractivity contribution >= 4 is 23.1 Å². The van der Waals surface area contributed by atoms with Gasteiger partial charge in [-0.25, -0.2) is 14.4 Å². The first-order valence-electron chi connectivity index (χ1n) is 9.56. The lowest BCUT2D eigenvalue weighted by Gasteiger charge is -2.21. The van der Waals surface area contributed by atoms with Crippen molar-refractivity contribution in [3.63, 3.8) is 0 Å². The van der Waals surface area contributed by atoms with Crippen LogP contribution in [0, 0.1) is 5.82 Å². The minimum Gasteiger partial charge on any atom is -0.372 e. The van der Waals surface area contributed by atoms with Gasteiger partial charge >= 0.3 is 0 Å². The van der Waals surface area contributed by atoms with Gasteiger partial charge in [-0.2, -0.15) is 0 Å². The van der Waals surface area contributed by atoms with Gasteiger partial charge < -0.3 is 15.5 Å². The zero-order valence-corrected chi connectivity index (χ0v) is 16.5. The van der Waals surface area contributed by atoms with E-state index < -0.39 is 0 Å². The standard InChI is InChI=1S/C22H24FN5O/c1-3-28(4-2)18-11-9-17(10-12-18)27-22(29)20-14-26-21(15-24-20)25-13-16-7-5-6-8-19(16)23/h5-12,14-15H,3-4,13H2,1-2H3,(H,25,26)(H,27,29). The van der Waals surface area contributed by atoms with Crippen LogP contribution in [0.15, 0.2) is 60.9 Å². The van der Waals surface area contributed by atoms with E-state index in [0.717, 1.165) is 18.8 Å². The molecule has 0 saturated heterocycles. The fourth-order valence-corrected chi connectivity index (χ4v) is 2.90. The summed E-state index contributed by atoms with van der Waals surface area (Å²) < 4.78 is 13.6. The summed E-state index contributed by atoms with van der Waals surface area (Å²) in [7, 11) is 0. The summed E-state index contributed by atoms with van der Waals surface area (Å²) in [6.07, 6.45) is 2.85. The van der Waals surface area contributed by atoms with E-state index in [2.05, 4.69) is 39.3 Å². The molecule has 2 N–H and O–H groups in total. The van der Waals surface area contributed by atoms with Crippen LogP contribution in [-0.4, -0.2) is 29.0 Å². The molecule has 0 unspecified atom stereocenters. The Hall–Kier alpha value is -3.48. The number of benzene rings is 2. The fraction of sp³-hybridized carbons (Fsp3) is 0.227. The molecule has 1 heterocycles. The monoisotopic (exact) mass is 393 g/mol. The molecule has 1 amide bonds. The van der Waals surface area contributed by atoms with Gasteiger partial charge in [-0.05, 0) is 44.2 Å². The van der Waals surface area contributed by atoms with Gasteiger partial charge in [-0.15, -0.1) is 0 Å². The quantitative estimate of drug-likeness (QED) is 0.596. The summed E-state index contributed by atoms with van der Waals surface area (Å²) in [4.78, 5) is 22.9. The van der Waals surface area contributed by atoms with Gasteiger partial charge in [0.25, 0.3) is 5.91 Å². The second-order valence-corrected chi connectivity index (χ2v) is 6.41. The minimum absolute atomic E-state index is 0.203. The summed E-state index contributed by atoms with van der Waals surface area (Å²) in [6, 6.07) is 14.2. The lowest BCUT2D eigenvalue weighted by molar-refractivity contribution is 0.102. The van der Waals surface area contributed by atoms with Crippen LogP contribution in [0.5, 0.6) is 0 Å². The number of carbonyl (C=O) groups is 1. The number of halogens is 1. The maximum absolute atomic E-state index is 13.6. The maximum Gasteiger partial charge on any atom is 0.275 e. The Morgan fingerprint density at radius 3 is 2.34 bits per heavy atom. The number of hydrogen-bond acceptors (Lipinski definition) is 5. The molecule has 0 aliphatic heterocycles. The van der Waals surface area contributed by atoms with Crippen molar-refractivity contribution in [1.82, 2.24) is 9.97 Å². The Morgan fingerprint density at radius 1 is 1.00 bits per heavy atom. The SMILES string of the molecule is CCN(CC)c1ccc(NC(=O)c2cnc(NCc3ccccc3F)cn2)cc1. The molecule has 0 bridgehead atoms. The molecule has 0 atom stereocenters. The molecule has 0 aliphatic rings. The van der Waals surface area contributed by atoms with Crippen molar-refractivity contribution in [2.24, 2.45) is 0 Å². The maximum atomic E-state index is 13.6. The number of amides is 1. The molecule has 1 aromatic heterocycles. The lowest BCUT2D eigenvalue weighted by atomic mass is 10.2. The highest BCUT2D eigenvalue weighted by atomic mass is 19.1. The van der Waals surface area contributed by atoms with Gasteiger partial charge in [-0.3, -0.25) is 4.79 Å². The molecule has 7 heteroatoms. The fourth-order valence-electron chi connectivity index (χ4n) is 2.90. The second kappa shape index (κ2) is 9.64. The van der Waals surface area contributed by atoms with Crippen LogP contribution >= 0.6 is 0 Å². The number of carbonyl (C=O) groups excluding carboxylic acids is 1. The molecule has 0 fully saturated rings. The normalized spacial score (nSPS) is 10.4. The van der Waals surface area contributed by atoms with Gasteiger partial charge in [0.05, 0.1) is 12.4 Å². The molecule has 150 valence electrons. The number of nitrogens with one attached hydrogen (secondary N) is 2.